The van der Waals surface area contributed by atoms with Crippen LogP contribution in [0.5, 0.6) is 0 Å². The summed E-state index contributed by atoms with van der Waals surface area (Å²) < 4.78 is 3.24. The van der Waals surface area contributed by atoms with Gasteiger partial charge in [0, 0.05) is 6.54 Å². The summed E-state index contributed by atoms with van der Waals surface area (Å²) in [6.07, 6.45) is 4.16. The van der Waals surface area contributed by atoms with Gasteiger partial charge in [-0.15, -0.1) is 0 Å². The fraction of sp³-hybridized carbons (Fsp3) is 0.786. The second-order valence-corrected chi connectivity index (χ2v) is 6.71. The fourth-order valence-corrected chi connectivity index (χ4v) is 2.68. The molecule has 0 amide bonds. The Morgan fingerprint density at radius 2 is 2.00 bits per heavy atom. The molecule has 3 nitrogen and oxygen atoms in total. The van der Waals surface area contributed by atoms with Gasteiger partial charge in [0.25, 0.3) is 0 Å². The van der Waals surface area contributed by atoms with Crippen molar-refractivity contribution in [2.24, 2.45) is 5.41 Å². The number of aromatic nitrogens is 2. The van der Waals surface area contributed by atoms with Crippen molar-refractivity contribution in [1.82, 2.24) is 15.1 Å². The molecule has 0 aliphatic carbocycles. The van der Waals surface area contributed by atoms with Crippen molar-refractivity contribution in [3.05, 3.63) is 16.4 Å². The predicted octanol–water partition coefficient (Wildman–Crippen LogP) is 4.14. The molecule has 0 aliphatic rings. The number of aryl methyl sites for hydroxylation is 1. The largest absolute Gasteiger partial charge is 0.308 e. The molecule has 0 bridgehead atoms. The van der Waals surface area contributed by atoms with E-state index in [0.29, 0.717) is 6.04 Å². The highest BCUT2D eigenvalue weighted by Crippen LogP contribution is 2.36. The van der Waals surface area contributed by atoms with Crippen LogP contribution in [-0.2, 0) is 6.54 Å². The fourth-order valence-electron chi connectivity index (χ4n) is 2.15. The van der Waals surface area contributed by atoms with E-state index in [2.05, 4.69) is 65.6 Å². The van der Waals surface area contributed by atoms with E-state index >= 15 is 0 Å². The van der Waals surface area contributed by atoms with Crippen molar-refractivity contribution >= 4 is 15.9 Å². The maximum absolute atomic E-state index is 4.48. The van der Waals surface area contributed by atoms with Crippen LogP contribution in [0.4, 0.5) is 0 Å². The van der Waals surface area contributed by atoms with Gasteiger partial charge in [-0.1, -0.05) is 34.6 Å². The summed E-state index contributed by atoms with van der Waals surface area (Å²) in [5, 5.41) is 8.14. The Kier molecular flexibility index (Phi) is 5.86. The molecule has 0 radical (unpaired) electrons. The van der Waals surface area contributed by atoms with Gasteiger partial charge < -0.3 is 5.32 Å². The maximum Gasteiger partial charge on any atom is 0.0701 e. The molecule has 1 rings (SSSR count). The summed E-state index contributed by atoms with van der Waals surface area (Å²) in [5.41, 5.74) is 1.45. The molecule has 0 saturated heterocycles. The second-order valence-electron chi connectivity index (χ2n) is 5.85. The first kappa shape index (κ1) is 15.7. The molecule has 0 aromatic carbocycles. The van der Waals surface area contributed by atoms with Crippen LogP contribution in [0.25, 0.3) is 0 Å². The summed E-state index contributed by atoms with van der Waals surface area (Å²) in [5.74, 6) is 0. The third-order valence-corrected chi connectivity index (χ3v) is 3.62. The lowest BCUT2D eigenvalue weighted by molar-refractivity contribution is 0.257. The van der Waals surface area contributed by atoms with Crippen molar-refractivity contribution in [3.63, 3.8) is 0 Å². The van der Waals surface area contributed by atoms with Crippen LogP contribution in [0.2, 0.25) is 0 Å². The molecule has 4 heteroatoms. The minimum Gasteiger partial charge on any atom is -0.308 e. The first-order chi connectivity index (χ1) is 8.41. The maximum atomic E-state index is 4.48. The standard InChI is InChI=1S/C14H26BrN3/c1-6-8-16-13(14(3,4)5)12-11(15)10-17-18(12)9-7-2/h10,13,16H,6-9H2,1-5H3. The van der Waals surface area contributed by atoms with Crippen LogP contribution in [-0.4, -0.2) is 16.3 Å². The van der Waals surface area contributed by atoms with Gasteiger partial charge in [0.15, 0.2) is 0 Å². The van der Waals surface area contributed by atoms with Crippen molar-refractivity contribution in [2.75, 3.05) is 6.54 Å². The monoisotopic (exact) mass is 315 g/mol. The zero-order chi connectivity index (χ0) is 13.8. The minimum absolute atomic E-state index is 0.170. The zero-order valence-electron chi connectivity index (χ0n) is 12.3. The van der Waals surface area contributed by atoms with Gasteiger partial charge in [0.2, 0.25) is 0 Å². The Bertz CT molecular complexity index is 366. The lowest BCUT2D eigenvalue weighted by Gasteiger charge is -2.32. The molecule has 1 unspecified atom stereocenters. The smallest absolute Gasteiger partial charge is 0.0701 e. The summed E-state index contributed by atoms with van der Waals surface area (Å²) in [6, 6.07) is 0.320. The number of halogens is 1. The van der Waals surface area contributed by atoms with E-state index < -0.39 is 0 Å². The van der Waals surface area contributed by atoms with Crippen LogP contribution in [0, 0.1) is 5.41 Å². The van der Waals surface area contributed by atoms with Crippen LogP contribution in [0.3, 0.4) is 0 Å². The molecule has 1 heterocycles. The summed E-state index contributed by atoms with van der Waals surface area (Å²) in [6.45, 7) is 13.2. The molecule has 1 N–H and O–H groups in total. The average molecular weight is 316 g/mol. The Hall–Kier alpha value is -0.350. The number of hydrogen-bond acceptors (Lipinski definition) is 2. The molecule has 1 atom stereocenters. The van der Waals surface area contributed by atoms with E-state index in [1.807, 2.05) is 6.20 Å². The normalized spacial score (nSPS) is 13.9. The lowest BCUT2D eigenvalue weighted by Crippen LogP contribution is -2.35. The van der Waals surface area contributed by atoms with Gasteiger partial charge in [0.1, 0.15) is 0 Å². The zero-order valence-corrected chi connectivity index (χ0v) is 13.8. The minimum atomic E-state index is 0.170. The molecular formula is C14H26BrN3. The van der Waals surface area contributed by atoms with Crippen LogP contribution in [0.15, 0.2) is 10.7 Å². The first-order valence-electron chi connectivity index (χ1n) is 6.86. The quantitative estimate of drug-likeness (QED) is 0.855. The summed E-state index contributed by atoms with van der Waals surface area (Å²) >= 11 is 3.65. The molecule has 1 aromatic heterocycles. The molecule has 1 aromatic rings. The van der Waals surface area contributed by atoms with Crippen LogP contribution >= 0.6 is 15.9 Å². The van der Waals surface area contributed by atoms with Gasteiger partial charge in [-0.3, -0.25) is 4.68 Å². The number of nitrogens with one attached hydrogen (secondary N) is 1. The molecule has 0 saturated carbocycles. The van der Waals surface area contributed by atoms with Gasteiger partial charge in [-0.05, 0) is 40.7 Å². The SMILES string of the molecule is CCCNC(c1c(Br)cnn1CCC)C(C)(C)C. The van der Waals surface area contributed by atoms with E-state index in [9.17, 15) is 0 Å². The van der Waals surface area contributed by atoms with Crippen molar-refractivity contribution in [1.29, 1.82) is 0 Å². The van der Waals surface area contributed by atoms with Gasteiger partial charge in [-0.2, -0.15) is 5.10 Å². The summed E-state index contributed by atoms with van der Waals surface area (Å²) in [7, 11) is 0. The number of hydrogen-bond donors (Lipinski definition) is 1. The van der Waals surface area contributed by atoms with E-state index in [1.54, 1.807) is 0 Å². The number of rotatable bonds is 6. The Labute approximate surface area is 119 Å². The lowest BCUT2D eigenvalue weighted by atomic mass is 9.84. The Balaban J connectivity index is 3.07. The van der Waals surface area contributed by atoms with Crippen LogP contribution < -0.4 is 5.32 Å². The van der Waals surface area contributed by atoms with Crippen LogP contribution in [0.1, 0.15) is 59.2 Å². The third-order valence-electron chi connectivity index (χ3n) is 3.01. The molecular weight excluding hydrogens is 290 g/mol. The van der Waals surface area contributed by atoms with Crippen molar-refractivity contribution in [3.8, 4) is 0 Å². The highest BCUT2D eigenvalue weighted by molar-refractivity contribution is 9.10. The Morgan fingerprint density at radius 3 is 2.50 bits per heavy atom. The highest BCUT2D eigenvalue weighted by atomic mass is 79.9. The van der Waals surface area contributed by atoms with E-state index in [-0.39, 0.29) is 5.41 Å². The average Bonchev–Trinajstić information content (AvgIpc) is 2.61. The summed E-state index contributed by atoms with van der Waals surface area (Å²) in [4.78, 5) is 0. The second kappa shape index (κ2) is 6.71. The molecule has 0 spiro atoms. The first-order valence-corrected chi connectivity index (χ1v) is 7.65. The topological polar surface area (TPSA) is 29.9 Å². The Morgan fingerprint density at radius 1 is 1.33 bits per heavy atom. The van der Waals surface area contributed by atoms with Crippen molar-refractivity contribution < 1.29 is 0 Å². The molecule has 0 aliphatic heterocycles. The van der Waals surface area contributed by atoms with E-state index in [0.717, 1.165) is 30.4 Å². The van der Waals surface area contributed by atoms with E-state index in [1.165, 1.54) is 5.69 Å². The van der Waals surface area contributed by atoms with Gasteiger partial charge >= 0.3 is 0 Å². The van der Waals surface area contributed by atoms with Gasteiger partial charge in [0.05, 0.1) is 22.4 Å². The molecule has 104 valence electrons. The van der Waals surface area contributed by atoms with Crippen molar-refractivity contribution in [2.45, 2.75) is 60.0 Å². The number of nitrogens with zero attached hydrogens (tertiary/aromatic N) is 2. The highest BCUT2D eigenvalue weighted by Gasteiger charge is 2.30. The molecule has 18 heavy (non-hydrogen) atoms. The third kappa shape index (κ3) is 3.82. The van der Waals surface area contributed by atoms with E-state index in [4.69, 9.17) is 0 Å². The van der Waals surface area contributed by atoms with Gasteiger partial charge in [-0.25, -0.2) is 0 Å². The molecule has 0 fully saturated rings. The predicted molar refractivity (Wildman–Crippen MR) is 80.7 cm³/mol.